The zero-order valence-electron chi connectivity index (χ0n) is 24.4. The number of hydrogen-bond acceptors (Lipinski definition) is 6. The van der Waals surface area contributed by atoms with E-state index < -0.39 is 0 Å². The fourth-order valence-corrected chi connectivity index (χ4v) is 6.09. The molecule has 0 spiro atoms. The molecule has 3 aromatic carbocycles. The highest BCUT2D eigenvalue weighted by Crippen LogP contribution is 2.30. The molecule has 1 aromatic heterocycles. The van der Waals surface area contributed by atoms with Gasteiger partial charge in [0.2, 0.25) is 5.91 Å². The average molecular weight is 584 g/mol. The first-order valence-electron chi connectivity index (χ1n) is 14.4. The summed E-state index contributed by atoms with van der Waals surface area (Å²) in [5.41, 5.74) is 3.80. The Bertz CT molecular complexity index is 1510. The Hall–Kier alpha value is -4.11. The van der Waals surface area contributed by atoms with Crippen LogP contribution >= 0.6 is 11.8 Å². The van der Waals surface area contributed by atoms with Gasteiger partial charge in [-0.2, -0.15) is 0 Å². The molecule has 1 aliphatic heterocycles. The minimum absolute atomic E-state index is 0.0319. The first kappa shape index (κ1) is 29.4. The lowest BCUT2D eigenvalue weighted by Gasteiger charge is -2.40. The van der Waals surface area contributed by atoms with Crippen LogP contribution in [0.1, 0.15) is 42.6 Å². The fraction of sp³-hybridized carbons (Fsp3) is 0.333. The molecule has 1 saturated heterocycles. The highest BCUT2D eigenvalue weighted by molar-refractivity contribution is 7.99. The van der Waals surface area contributed by atoms with Crippen LogP contribution in [0.4, 0.5) is 0 Å². The summed E-state index contributed by atoms with van der Waals surface area (Å²) in [6.45, 7) is 5.77. The molecule has 5 rings (SSSR count). The van der Waals surface area contributed by atoms with Crippen LogP contribution in [0.5, 0.6) is 5.75 Å². The van der Waals surface area contributed by atoms with Gasteiger partial charge in [-0.3, -0.25) is 14.2 Å². The number of methoxy groups -OCH3 is 1. The SMILES string of the molecule is CCc1ccc(C(=O)N2CCN(C(=O)CCCSc3nnc(-c4cccc(OC)c4)n3-c3ccccc3)CC2C)cc1. The van der Waals surface area contributed by atoms with Crippen molar-refractivity contribution in [3.05, 3.63) is 90.0 Å². The van der Waals surface area contributed by atoms with Crippen molar-refractivity contribution in [2.24, 2.45) is 0 Å². The molecule has 218 valence electrons. The number of carbonyl (C=O) groups excluding carboxylic acids is 2. The van der Waals surface area contributed by atoms with Crippen LogP contribution in [-0.2, 0) is 11.2 Å². The maximum absolute atomic E-state index is 13.1. The Kier molecular flexibility index (Phi) is 9.59. The Morgan fingerprint density at radius 1 is 0.976 bits per heavy atom. The van der Waals surface area contributed by atoms with E-state index >= 15 is 0 Å². The van der Waals surface area contributed by atoms with Gasteiger partial charge in [-0.25, -0.2) is 0 Å². The molecule has 1 aliphatic rings. The molecular formula is C33H37N5O3S. The summed E-state index contributed by atoms with van der Waals surface area (Å²) in [7, 11) is 1.65. The summed E-state index contributed by atoms with van der Waals surface area (Å²) in [5, 5.41) is 9.79. The lowest BCUT2D eigenvalue weighted by molar-refractivity contribution is -0.133. The van der Waals surface area contributed by atoms with Gasteiger partial charge in [0.1, 0.15) is 5.75 Å². The van der Waals surface area contributed by atoms with Crippen molar-refractivity contribution in [2.45, 2.75) is 44.3 Å². The minimum atomic E-state index is -0.0325. The van der Waals surface area contributed by atoms with Crippen LogP contribution in [-0.4, -0.2) is 74.9 Å². The van der Waals surface area contributed by atoms with Gasteiger partial charge in [0.25, 0.3) is 5.91 Å². The monoisotopic (exact) mass is 583 g/mol. The van der Waals surface area contributed by atoms with E-state index in [4.69, 9.17) is 4.74 Å². The van der Waals surface area contributed by atoms with E-state index in [1.807, 2.05) is 95.6 Å². The number of ether oxygens (including phenoxy) is 1. The molecule has 0 radical (unpaired) electrons. The van der Waals surface area contributed by atoms with Crippen LogP contribution in [0.25, 0.3) is 17.1 Å². The summed E-state index contributed by atoms with van der Waals surface area (Å²) < 4.78 is 7.47. The predicted octanol–water partition coefficient (Wildman–Crippen LogP) is 5.75. The lowest BCUT2D eigenvalue weighted by atomic mass is 10.1. The summed E-state index contributed by atoms with van der Waals surface area (Å²) in [6, 6.07) is 25.6. The molecule has 8 nitrogen and oxygen atoms in total. The molecule has 0 saturated carbocycles. The van der Waals surface area contributed by atoms with Crippen molar-refractivity contribution in [1.29, 1.82) is 0 Å². The molecule has 42 heavy (non-hydrogen) atoms. The van der Waals surface area contributed by atoms with Crippen LogP contribution in [0.15, 0.2) is 84.0 Å². The highest BCUT2D eigenvalue weighted by Gasteiger charge is 2.30. The molecular weight excluding hydrogens is 546 g/mol. The largest absolute Gasteiger partial charge is 0.497 e. The molecule has 0 N–H and O–H groups in total. The predicted molar refractivity (Wildman–Crippen MR) is 166 cm³/mol. The number of nitrogens with zero attached hydrogens (tertiary/aromatic N) is 5. The van der Waals surface area contributed by atoms with Crippen molar-refractivity contribution in [3.8, 4) is 22.8 Å². The van der Waals surface area contributed by atoms with Crippen molar-refractivity contribution >= 4 is 23.6 Å². The van der Waals surface area contributed by atoms with Crippen molar-refractivity contribution in [3.63, 3.8) is 0 Å². The molecule has 2 amide bonds. The molecule has 0 bridgehead atoms. The van der Waals surface area contributed by atoms with E-state index in [-0.39, 0.29) is 17.9 Å². The number of thioether (sulfide) groups is 1. The number of hydrogen-bond donors (Lipinski definition) is 0. The molecule has 9 heteroatoms. The normalized spacial score (nSPS) is 15.1. The van der Waals surface area contributed by atoms with E-state index in [0.717, 1.165) is 46.6 Å². The standard InChI is InChI=1S/C33H37N5O3S/c1-4-25-15-17-26(18-16-25)32(40)37-20-19-36(23-24(37)2)30(39)14-9-21-42-33-35-34-31(27-10-8-13-29(22-27)41-3)38(33)28-11-6-5-7-12-28/h5-8,10-13,15-18,22,24H,4,9,14,19-21,23H2,1-3H3. The van der Waals surface area contributed by atoms with Crippen molar-refractivity contribution in [2.75, 3.05) is 32.5 Å². The van der Waals surface area contributed by atoms with Gasteiger partial charge in [-0.05, 0) is 61.7 Å². The topological polar surface area (TPSA) is 80.6 Å². The number of benzene rings is 3. The van der Waals surface area contributed by atoms with E-state index in [1.54, 1.807) is 18.9 Å². The third-order valence-electron chi connectivity index (χ3n) is 7.59. The second-order valence-electron chi connectivity index (χ2n) is 10.4. The smallest absolute Gasteiger partial charge is 0.254 e. The number of piperazine rings is 1. The maximum Gasteiger partial charge on any atom is 0.254 e. The number of amides is 2. The summed E-state index contributed by atoms with van der Waals surface area (Å²) in [6.07, 6.45) is 2.12. The first-order valence-corrected chi connectivity index (χ1v) is 15.4. The number of carbonyl (C=O) groups is 2. The maximum atomic E-state index is 13.1. The van der Waals surface area contributed by atoms with Gasteiger partial charge in [0.15, 0.2) is 11.0 Å². The highest BCUT2D eigenvalue weighted by atomic mass is 32.2. The number of aryl methyl sites for hydroxylation is 1. The van der Waals surface area contributed by atoms with Crippen LogP contribution in [0, 0.1) is 0 Å². The molecule has 1 unspecified atom stereocenters. The van der Waals surface area contributed by atoms with Gasteiger partial charge in [-0.1, -0.05) is 61.2 Å². The number of para-hydroxylation sites is 1. The fourth-order valence-electron chi connectivity index (χ4n) is 5.20. The first-order chi connectivity index (χ1) is 20.5. The van der Waals surface area contributed by atoms with E-state index in [0.29, 0.717) is 31.6 Å². The van der Waals surface area contributed by atoms with Gasteiger partial charge in [0, 0.05) is 54.7 Å². The third-order valence-corrected chi connectivity index (χ3v) is 8.61. The van der Waals surface area contributed by atoms with E-state index in [2.05, 4.69) is 21.7 Å². The molecule has 4 aromatic rings. The van der Waals surface area contributed by atoms with Gasteiger partial charge in [-0.15, -0.1) is 10.2 Å². The second-order valence-corrected chi connectivity index (χ2v) is 11.5. The van der Waals surface area contributed by atoms with Crippen LogP contribution in [0.2, 0.25) is 0 Å². The van der Waals surface area contributed by atoms with E-state index in [1.165, 1.54) is 5.56 Å². The van der Waals surface area contributed by atoms with E-state index in [9.17, 15) is 9.59 Å². The summed E-state index contributed by atoms with van der Waals surface area (Å²) in [5.74, 6) is 2.39. The van der Waals surface area contributed by atoms with Crippen LogP contribution < -0.4 is 4.74 Å². The zero-order chi connectivity index (χ0) is 29.5. The van der Waals surface area contributed by atoms with Gasteiger partial charge in [0.05, 0.1) is 7.11 Å². The van der Waals surface area contributed by atoms with Crippen molar-refractivity contribution < 1.29 is 14.3 Å². The number of rotatable bonds is 10. The quantitative estimate of drug-likeness (QED) is 0.175. The Morgan fingerprint density at radius 2 is 1.76 bits per heavy atom. The molecule has 1 atom stereocenters. The third kappa shape index (κ3) is 6.68. The van der Waals surface area contributed by atoms with Crippen LogP contribution in [0.3, 0.4) is 0 Å². The second kappa shape index (κ2) is 13.7. The Balaban J connectivity index is 1.17. The zero-order valence-corrected chi connectivity index (χ0v) is 25.2. The summed E-state index contributed by atoms with van der Waals surface area (Å²) in [4.78, 5) is 29.9. The van der Waals surface area contributed by atoms with Gasteiger partial charge < -0.3 is 14.5 Å². The summed E-state index contributed by atoms with van der Waals surface area (Å²) >= 11 is 1.60. The average Bonchev–Trinajstić information content (AvgIpc) is 3.47. The van der Waals surface area contributed by atoms with Gasteiger partial charge >= 0.3 is 0 Å². The van der Waals surface area contributed by atoms with Crippen molar-refractivity contribution in [1.82, 2.24) is 24.6 Å². The minimum Gasteiger partial charge on any atom is -0.497 e. The molecule has 1 fully saturated rings. The molecule has 2 heterocycles. The Labute approximate surface area is 251 Å². The Morgan fingerprint density at radius 3 is 2.48 bits per heavy atom. The number of aromatic nitrogens is 3. The molecule has 0 aliphatic carbocycles. The lowest BCUT2D eigenvalue weighted by Crippen LogP contribution is -2.55.